The number of primary amides is 1. The van der Waals surface area contributed by atoms with Crippen molar-refractivity contribution < 1.29 is 14.3 Å². The average Bonchev–Trinajstić information content (AvgIpc) is 2.45. The van der Waals surface area contributed by atoms with Gasteiger partial charge in [-0.1, -0.05) is 11.6 Å². The van der Waals surface area contributed by atoms with E-state index in [1.165, 1.54) is 0 Å². The summed E-state index contributed by atoms with van der Waals surface area (Å²) in [6.45, 7) is 3.82. The first-order valence-corrected chi connectivity index (χ1v) is 7.08. The first-order chi connectivity index (χ1) is 9.97. The molecule has 0 radical (unpaired) electrons. The fourth-order valence-corrected chi connectivity index (χ4v) is 2.37. The molecule has 2 amide bonds. The fourth-order valence-electron chi connectivity index (χ4n) is 2.16. The third-order valence-corrected chi connectivity index (χ3v) is 3.60. The van der Waals surface area contributed by atoms with Crippen LogP contribution in [0.15, 0.2) is 18.2 Å². The van der Waals surface area contributed by atoms with Crippen LogP contribution in [0.4, 0.5) is 5.69 Å². The van der Waals surface area contributed by atoms with Crippen molar-refractivity contribution in [3.8, 4) is 0 Å². The molecule has 1 aromatic carbocycles. The Morgan fingerprint density at radius 2 is 2.29 bits per heavy atom. The highest BCUT2D eigenvalue weighted by atomic mass is 35.5. The minimum Gasteiger partial charge on any atom is -0.376 e. The molecule has 0 spiro atoms. The van der Waals surface area contributed by atoms with Gasteiger partial charge in [-0.25, -0.2) is 0 Å². The summed E-state index contributed by atoms with van der Waals surface area (Å²) < 4.78 is 5.40. The Hall–Kier alpha value is -1.79. The minimum atomic E-state index is -0.600. The summed E-state index contributed by atoms with van der Waals surface area (Å²) in [5.74, 6) is -0.613. The molecule has 1 saturated heterocycles. The molecule has 1 aliphatic heterocycles. The Balaban J connectivity index is 1.95. The zero-order chi connectivity index (χ0) is 15.4. The Morgan fingerprint density at radius 1 is 1.52 bits per heavy atom. The highest BCUT2D eigenvalue weighted by molar-refractivity contribution is 6.33. The van der Waals surface area contributed by atoms with Gasteiger partial charge in [0.2, 0.25) is 11.8 Å². The first-order valence-electron chi connectivity index (χ1n) is 6.70. The number of amides is 2. The Bertz CT molecular complexity index is 550. The zero-order valence-corrected chi connectivity index (χ0v) is 12.5. The molecule has 2 rings (SSSR count). The standard InChI is InChI=1S/C14H18ClN3O3/c1-9-8-18(4-5-21-9)13(19)7-17-10-2-3-12(15)11(6-10)14(16)20/h2-3,6,9,17H,4-5,7-8H2,1H3,(H2,16,20). The lowest BCUT2D eigenvalue weighted by molar-refractivity contribution is -0.136. The maximum absolute atomic E-state index is 12.1. The van der Waals surface area contributed by atoms with E-state index in [1.807, 2.05) is 6.92 Å². The second-order valence-corrected chi connectivity index (χ2v) is 5.34. The van der Waals surface area contributed by atoms with Crippen LogP contribution < -0.4 is 11.1 Å². The lowest BCUT2D eigenvalue weighted by atomic mass is 10.2. The number of hydrogen-bond acceptors (Lipinski definition) is 4. The predicted molar refractivity (Wildman–Crippen MR) is 80.5 cm³/mol. The highest BCUT2D eigenvalue weighted by Crippen LogP contribution is 2.20. The second-order valence-electron chi connectivity index (χ2n) is 4.93. The van der Waals surface area contributed by atoms with E-state index in [4.69, 9.17) is 22.1 Å². The van der Waals surface area contributed by atoms with Gasteiger partial charge in [0, 0.05) is 18.8 Å². The van der Waals surface area contributed by atoms with E-state index in [0.29, 0.717) is 30.4 Å². The van der Waals surface area contributed by atoms with Crippen molar-refractivity contribution in [2.24, 2.45) is 5.73 Å². The highest BCUT2D eigenvalue weighted by Gasteiger charge is 2.21. The second kappa shape index (κ2) is 6.78. The summed E-state index contributed by atoms with van der Waals surface area (Å²) in [6.07, 6.45) is 0.0553. The van der Waals surface area contributed by atoms with Crippen LogP contribution in [0.1, 0.15) is 17.3 Å². The molecule has 7 heteroatoms. The van der Waals surface area contributed by atoms with Gasteiger partial charge >= 0.3 is 0 Å². The molecule has 0 aromatic heterocycles. The molecule has 1 atom stereocenters. The molecule has 1 heterocycles. The van der Waals surface area contributed by atoms with Crippen LogP contribution in [0.25, 0.3) is 0 Å². The maximum Gasteiger partial charge on any atom is 0.250 e. The van der Waals surface area contributed by atoms with Crippen molar-refractivity contribution in [3.63, 3.8) is 0 Å². The van der Waals surface area contributed by atoms with E-state index in [1.54, 1.807) is 23.1 Å². The zero-order valence-electron chi connectivity index (χ0n) is 11.8. The molecular weight excluding hydrogens is 294 g/mol. The van der Waals surface area contributed by atoms with Gasteiger partial charge in [-0.3, -0.25) is 9.59 Å². The maximum atomic E-state index is 12.1. The van der Waals surface area contributed by atoms with Gasteiger partial charge in [0.25, 0.3) is 0 Å². The molecule has 21 heavy (non-hydrogen) atoms. The number of anilines is 1. The molecule has 1 unspecified atom stereocenters. The van der Waals surface area contributed by atoms with E-state index in [-0.39, 0.29) is 24.1 Å². The van der Waals surface area contributed by atoms with Crippen molar-refractivity contribution in [2.45, 2.75) is 13.0 Å². The summed E-state index contributed by atoms with van der Waals surface area (Å²) in [5, 5.41) is 3.27. The number of ether oxygens (including phenoxy) is 1. The number of carbonyl (C=O) groups is 2. The van der Waals surface area contributed by atoms with E-state index in [9.17, 15) is 9.59 Å². The van der Waals surface area contributed by atoms with Crippen molar-refractivity contribution in [3.05, 3.63) is 28.8 Å². The monoisotopic (exact) mass is 311 g/mol. The third kappa shape index (κ3) is 4.09. The number of morpholine rings is 1. The summed E-state index contributed by atoms with van der Waals surface area (Å²) >= 11 is 5.87. The largest absolute Gasteiger partial charge is 0.376 e. The van der Waals surface area contributed by atoms with Gasteiger partial charge in [-0.15, -0.1) is 0 Å². The lowest BCUT2D eigenvalue weighted by Crippen LogP contribution is -2.46. The molecule has 0 saturated carbocycles. The summed E-state index contributed by atoms with van der Waals surface area (Å²) in [5.41, 5.74) is 6.09. The first kappa shape index (κ1) is 15.6. The predicted octanol–water partition coefficient (Wildman–Crippen LogP) is 1.10. The van der Waals surface area contributed by atoms with E-state index in [2.05, 4.69) is 5.32 Å². The summed E-state index contributed by atoms with van der Waals surface area (Å²) in [4.78, 5) is 25.1. The number of hydrogen-bond donors (Lipinski definition) is 2. The number of rotatable bonds is 4. The summed E-state index contributed by atoms with van der Waals surface area (Å²) in [6, 6.07) is 4.81. The molecule has 6 nitrogen and oxygen atoms in total. The van der Waals surface area contributed by atoms with Gasteiger partial charge in [-0.2, -0.15) is 0 Å². The lowest BCUT2D eigenvalue weighted by Gasteiger charge is -2.31. The molecule has 1 aliphatic rings. The third-order valence-electron chi connectivity index (χ3n) is 3.27. The van der Waals surface area contributed by atoms with Crippen molar-refractivity contribution in [1.29, 1.82) is 0 Å². The van der Waals surface area contributed by atoms with Gasteiger partial charge in [0.15, 0.2) is 0 Å². The quantitative estimate of drug-likeness (QED) is 0.872. The molecule has 1 aromatic rings. The van der Waals surface area contributed by atoms with Crippen LogP contribution in [-0.2, 0) is 9.53 Å². The Labute approximate surface area is 128 Å². The Morgan fingerprint density at radius 3 is 2.95 bits per heavy atom. The van der Waals surface area contributed by atoms with Crippen LogP contribution in [0.5, 0.6) is 0 Å². The number of carbonyl (C=O) groups excluding carboxylic acids is 2. The molecule has 0 bridgehead atoms. The fraction of sp³-hybridized carbons (Fsp3) is 0.429. The Kier molecular flexibility index (Phi) is 5.03. The number of benzene rings is 1. The molecule has 3 N–H and O–H groups in total. The normalized spacial score (nSPS) is 18.4. The van der Waals surface area contributed by atoms with Crippen LogP contribution in [0, 0.1) is 0 Å². The minimum absolute atomic E-state index is 0.0132. The van der Waals surface area contributed by atoms with Gasteiger partial charge in [0.05, 0.1) is 29.8 Å². The number of nitrogens with two attached hydrogens (primary N) is 1. The van der Waals surface area contributed by atoms with Gasteiger partial charge < -0.3 is 20.7 Å². The average molecular weight is 312 g/mol. The van der Waals surface area contributed by atoms with E-state index in [0.717, 1.165) is 0 Å². The van der Waals surface area contributed by atoms with Crippen LogP contribution in [-0.4, -0.2) is 49.1 Å². The number of halogens is 1. The molecular formula is C14H18ClN3O3. The smallest absolute Gasteiger partial charge is 0.250 e. The van der Waals surface area contributed by atoms with Crippen LogP contribution in [0.2, 0.25) is 5.02 Å². The van der Waals surface area contributed by atoms with Crippen molar-refractivity contribution >= 4 is 29.1 Å². The van der Waals surface area contributed by atoms with Crippen molar-refractivity contribution in [1.82, 2.24) is 4.90 Å². The molecule has 114 valence electrons. The van der Waals surface area contributed by atoms with Crippen LogP contribution >= 0.6 is 11.6 Å². The van der Waals surface area contributed by atoms with E-state index >= 15 is 0 Å². The number of nitrogens with zero attached hydrogens (tertiary/aromatic N) is 1. The van der Waals surface area contributed by atoms with Crippen LogP contribution in [0.3, 0.4) is 0 Å². The summed E-state index contributed by atoms with van der Waals surface area (Å²) in [7, 11) is 0. The van der Waals surface area contributed by atoms with E-state index < -0.39 is 5.91 Å². The van der Waals surface area contributed by atoms with Crippen molar-refractivity contribution in [2.75, 3.05) is 31.6 Å². The SMILES string of the molecule is CC1CN(C(=O)CNc2ccc(Cl)c(C(N)=O)c2)CCO1. The number of nitrogens with one attached hydrogen (secondary N) is 1. The molecule has 1 fully saturated rings. The van der Waals surface area contributed by atoms with Gasteiger partial charge in [0.1, 0.15) is 0 Å². The molecule has 0 aliphatic carbocycles. The topological polar surface area (TPSA) is 84.7 Å². The van der Waals surface area contributed by atoms with Gasteiger partial charge in [-0.05, 0) is 25.1 Å².